The number of aliphatic hydroxyl groups is 1. The summed E-state index contributed by atoms with van der Waals surface area (Å²) >= 11 is 1.64. The van der Waals surface area contributed by atoms with Crippen molar-refractivity contribution in [3.8, 4) is 0 Å². The lowest BCUT2D eigenvalue weighted by atomic mass is 10.0. The molecule has 1 saturated heterocycles. The molecule has 0 aliphatic carbocycles. The number of anilines is 2. The highest BCUT2D eigenvalue weighted by atomic mass is 32.1. The van der Waals surface area contributed by atoms with Crippen molar-refractivity contribution in [3.63, 3.8) is 0 Å². The third-order valence-corrected chi connectivity index (χ3v) is 4.76. The molecule has 112 valence electrons. The molecule has 1 aliphatic heterocycles. The van der Waals surface area contributed by atoms with Crippen LogP contribution in [0.1, 0.15) is 19.0 Å². The Hall–Kier alpha value is -1.43. The number of aromatic nitrogens is 1. The van der Waals surface area contributed by atoms with E-state index in [9.17, 15) is 5.11 Å². The van der Waals surface area contributed by atoms with Crippen LogP contribution in [0.4, 0.5) is 10.8 Å². The summed E-state index contributed by atoms with van der Waals surface area (Å²) in [5, 5.41) is 16.0. The number of thiazole rings is 1. The van der Waals surface area contributed by atoms with Gasteiger partial charge in [-0.05, 0) is 37.9 Å². The van der Waals surface area contributed by atoms with Crippen LogP contribution in [0.5, 0.6) is 0 Å². The van der Waals surface area contributed by atoms with Crippen molar-refractivity contribution in [1.29, 1.82) is 0 Å². The molecule has 0 saturated carbocycles. The van der Waals surface area contributed by atoms with Crippen molar-refractivity contribution < 1.29 is 5.11 Å². The summed E-state index contributed by atoms with van der Waals surface area (Å²) in [6.07, 6.45) is 0.873. The van der Waals surface area contributed by atoms with Crippen molar-refractivity contribution >= 4 is 22.2 Å². The highest BCUT2D eigenvalue weighted by Gasteiger charge is 2.26. The van der Waals surface area contributed by atoms with E-state index in [2.05, 4.69) is 20.6 Å². The Balaban J connectivity index is 1.56. The van der Waals surface area contributed by atoms with E-state index in [1.54, 1.807) is 11.3 Å². The van der Waals surface area contributed by atoms with Gasteiger partial charge in [0.15, 0.2) is 5.13 Å². The molecule has 2 N–H and O–H groups in total. The van der Waals surface area contributed by atoms with E-state index in [1.165, 1.54) is 0 Å². The van der Waals surface area contributed by atoms with Gasteiger partial charge in [0.1, 0.15) is 0 Å². The largest absolute Gasteiger partial charge is 0.393 e. The maximum Gasteiger partial charge on any atom is 0.187 e. The molecule has 2 atom stereocenters. The van der Waals surface area contributed by atoms with Gasteiger partial charge >= 0.3 is 0 Å². The number of likely N-dealkylation sites (tertiary alicyclic amines) is 1. The minimum absolute atomic E-state index is 0.208. The van der Waals surface area contributed by atoms with Crippen molar-refractivity contribution in [2.75, 3.05) is 18.4 Å². The number of rotatable bonds is 5. The lowest BCUT2D eigenvalue weighted by molar-refractivity contribution is 0.127. The molecule has 0 radical (unpaired) electrons. The number of nitrogens with one attached hydrogen (secondary N) is 1. The molecule has 2 unspecified atom stereocenters. The van der Waals surface area contributed by atoms with Crippen LogP contribution in [0.25, 0.3) is 0 Å². The van der Waals surface area contributed by atoms with E-state index in [1.807, 2.05) is 37.3 Å². The topological polar surface area (TPSA) is 48.4 Å². The molecular weight excluding hydrogens is 282 g/mol. The number of aliphatic hydroxyl groups excluding tert-OH is 1. The zero-order chi connectivity index (χ0) is 14.7. The average molecular weight is 303 g/mol. The summed E-state index contributed by atoms with van der Waals surface area (Å²) in [5.74, 6) is 0.408. The fourth-order valence-corrected chi connectivity index (χ4v) is 3.43. The third-order valence-electron chi connectivity index (χ3n) is 3.95. The fraction of sp³-hybridized carbons (Fsp3) is 0.438. The predicted octanol–water partition coefficient (Wildman–Crippen LogP) is 3.09. The quantitative estimate of drug-likeness (QED) is 0.891. The van der Waals surface area contributed by atoms with Gasteiger partial charge in [0.05, 0.1) is 11.8 Å². The van der Waals surface area contributed by atoms with Crippen LogP contribution in [0, 0.1) is 5.92 Å². The predicted molar refractivity (Wildman–Crippen MR) is 86.9 cm³/mol. The van der Waals surface area contributed by atoms with Crippen molar-refractivity contribution in [2.24, 2.45) is 5.92 Å². The lowest BCUT2D eigenvalue weighted by Gasteiger charge is -2.16. The van der Waals surface area contributed by atoms with Gasteiger partial charge in [0.25, 0.3) is 0 Å². The maximum atomic E-state index is 9.65. The van der Waals surface area contributed by atoms with E-state index in [-0.39, 0.29) is 6.10 Å². The summed E-state index contributed by atoms with van der Waals surface area (Å²) in [6, 6.07) is 10.1. The van der Waals surface area contributed by atoms with Crippen molar-refractivity contribution in [2.45, 2.75) is 26.0 Å². The number of nitrogens with zero attached hydrogens (tertiary/aromatic N) is 2. The van der Waals surface area contributed by atoms with E-state index < -0.39 is 0 Å². The third kappa shape index (κ3) is 3.81. The Morgan fingerprint density at radius 3 is 2.95 bits per heavy atom. The number of benzene rings is 1. The molecule has 1 aliphatic rings. The van der Waals surface area contributed by atoms with E-state index >= 15 is 0 Å². The number of para-hydroxylation sites is 1. The van der Waals surface area contributed by atoms with Crippen LogP contribution in [0.2, 0.25) is 0 Å². The summed E-state index contributed by atoms with van der Waals surface area (Å²) in [5.41, 5.74) is 2.17. The van der Waals surface area contributed by atoms with E-state index in [4.69, 9.17) is 0 Å². The molecule has 1 aromatic carbocycles. The summed E-state index contributed by atoms with van der Waals surface area (Å²) in [4.78, 5) is 7.02. The minimum Gasteiger partial charge on any atom is -0.393 e. The molecule has 2 aromatic rings. The van der Waals surface area contributed by atoms with Crippen LogP contribution < -0.4 is 5.32 Å². The molecule has 5 heteroatoms. The molecule has 0 spiro atoms. The van der Waals surface area contributed by atoms with Gasteiger partial charge in [-0.25, -0.2) is 4.98 Å². The van der Waals surface area contributed by atoms with Gasteiger partial charge in [0, 0.05) is 24.2 Å². The number of hydrogen-bond acceptors (Lipinski definition) is 5. The van der Waals surface area contributed by atoms with Crippen LogP contribution in [-0.4, -0.2) is 34.2 Å². The molecule has 1 aromatic heterocycles. The molecular formula is C16H21N3OS. The van der Waals surface area contributed by atoms with Crippen molar-refractivity contribution in [1.82, 2.24) is 9.88 Å². The van der Waals surface area contributed by atoms with Gasteiger partial charge in [-0.1, -0.05) is 18.2 Å². The van der Waals surface area contributed by atoms with Gasteiger partial charge in [-0.15, -0.1) is 11.3 Å². The highest BCUT2D eigenvalue weighted by Crippen LogP contribution is 2.24. The van der Waals surface area contributed by atoms with Crippen LogP contribution in [0.15, 0.2) is 35.7 Å². The van der Waals surface area contributed by atoms with E-state index in [0.717, 1.165) is 42.6 Å². The second kappa shape index (κ2) is 6.56. The normalized spacial score (nSPS) is 20.6. The summed E-state index contributed by atoms with van der Waals surface area (Å²) in [6.45, 7) is 4.78. The first-order valence-corrected chi connectivity index (χ1v) is 8.25. The Morgan fingerprint density at radius 1 is 1.43 bits per heavy atom. The highest BCUT2D eigenvalue weighted by molar-refractivity contribution is 7.13. The minimum atomic E-state index is -0.208. The van der Waals surface area contributed by atoms with Crippen LogP contribution in [-0.2, 0) is 6.54 Å². The molecule has 3 rings (SSSR count). The Labute approximate surface area is 129 Å². The average Bonchev–Trinajstić information content (AvgIpc) is 3.10. The van der Waals surface area contributed by atoms with Gasteiger partial charge in [-0.2, -0.15) is 0 Å². The molecule has 0 bridgehead atoms. The Morgan fingerprint density at radius 2 is 2.24 bits per heavy atom. The SMILES string of the molecule is CC(O)C1CCN(Cc2csc(Nc3ccccc3)n2)C1. The summed E-state index contributed by atoms with van der Waals surface area (Å²) < 4.78 is 0. The molecule has 21 heavy (non-hydrogen) atoms. The van der Waals surface area contributed by atoms with Crippen LogP contribution in [0.3, 0.4) is 0 Å². The molecule has 0 amide bonds. The molecule has 4 nitrogen and oxygen atoms in total. The first-order valence-electron chi connectivity index (χ1n) is 7.37. The lowest BCUT2D eigenvalue weighted by Crippen LogP contribution is -2.24. The zero-order valence-electron chi connectivity index (χ0n) is 12.2. The monoisotopic (exact) mass is 303 g/mol. The second-order valence-corrected chi connectivity index (χ2v) is 6.52. The maximum absolute atomic E-state index is 9.65. The van der Waals surface area contributed by atoms with Crippen molar-refractivity contribution in [3.05, 3.63) is 41.4 Å². The standard InChI is InChI=1S/C16H21N3OS/c1-12(20)13-7-8-19(9-13)10-15-11-21-16(18-15)17-14-5-3-2-4-6-14/h2-6,11-13,20H,7-10H2,1H3,(H,17,18). The Kier molecular flexibility index (Phi) is 4.53. The van der Waals surface area contributed by atoms with Gasteiger partial charge < -0.3 is 10.4 Å². The number of hydrogen-bond donors (Lipinski definition) is 2. The van der Waals surface area contributed by atoms with Crippen LogP contribution >= 0.6 is 11.3 Å². The smallest absolute Gasteiger partial charge is 0.187 e. The van der Waals surface area contributed by atoms with Gasteiger partial charge in [0.2, 0.25) is 0 Å². The zero-order valence-corrected chi connectivity index (χ0v) is 13.0. The summed E-state index contributed by atoms with van der Waals surface area (Å²) in [7, 11) is 0. The van der Waals surface area contributed by atoms with E-state index in [0.29, 0.717) is 5.92 Å². The Bertz CT molecular complexity index is 570. The van der Waals surface area contributed by atoms with Gasteiger partial charge in [-0.3, -0.25) is 4.90 Å². The molecule has 1 fully saturated rings. The first kappa shape index (κ1) is 14.5. The first-order chi connectivity index (χ1) is 10.2. The molecule has 2 heterocycles. The second-order valence-electron chi connectivity index (χ2n) is 5.66. The fourth-order valence-electron chi connectivity index (χ4n) is 2.71.